The van der Waals surface area contributed by atoms with Crippen LogP contribution in [0.25, 0.3) is 0 Å². The largest absolute Gasteiger partial charge is 0.523 e. The fourth-order valence-corrected chi connectivity index (χ4v) is 3.41. The van der Waals surface area contributed by atoms with Gasteiger partial charge in [-0.2, -0.15) is 39.1 Å². The first-order valence-corrected chi connectivity index (χ1v) is 8.01. The number of nitrogens with zero attached hydrogens (tertiary/aromatic N) is 1. The fourth-order valence-electron chi connectivity index (χ4n) is 1.53. The smallest absolute Gasteiger partial charge is 0.254 e. The number of sulfonamides is 1. The van der Waals surface area contributed by atoms with E-state index in [4.69, 9.17) is 0 Å². The van der Waals surface area contributed by atoms with Gasteiger partial charge in [0.15, 0.2) is 0 Å². The van der Waals surface area contributed by atoms with Crippen LogP contribution in [0.15, 0.2) is 0 Å². The van der Waals surface area contributed by atoms with Crippen LogP contribution in [-0.4, -0.2) is 50.8 Å². The molecule has 1 rings (SSSR count). The molecule has 0 N–H and O–H groups in total. The first-order valence-electron chi connectivity index (χ1n) is 5.16. The van der Waals surface area contributed by atoms with Gasteiger partial charge in [-0.25, -0.2) is 8.42 Å². The lowest BCUT2D eigenvalue weighted by atomic mass is 9.94. The maximum absolute atomic E-state index is 12.2. The summed E-state index contributed by atoms with van der Waals surface area (Å²) >= 11 is 0. The van der Waals surface area contributed by atoms with Gasteiger partial charge in [0.25, 0.3) is 0 Å². The SMILES string of the molecule is CCC1(OS(=O)(=O)C(F)(F)F)CN(S(=O)(=O)C(F)(F)F)C1. The molecule has 0 atom stereocenters. The molecule has 21 heavy (non-hydrogen) atoms. The molecule has 1 aliphatic rings. The Hall–Kier alpha value is -0.600. The van der Waals surface area contributed by atoms with Crippen molar-refractivity contribution in [2.45, 2.75) is 30.0 Å². The topological polar surface area (TPSA) is 80.8 Å². The van der Waals surface area contributed by atoms with Crippen molar-refractivity contribution >= 4 is 20.1 Å². The second-order valence-electron chi connectivity index (χ2n) is 4.24. The van der Waals surface area contributed by atoms with Crippen molar-refractivity contribution < 1.29 is 47.4 Å². The zero-order valence-electron chi connectivity index (χ0n) is 10.2. The predicted molar refractivity (Wildman–Crippen MR) is 55.6 cm³/mol. The van der Waals surface area contributed by atoms with Crippen LogP contribution in [0.2, 0.25) is 0 Å². The van der Waals surface area contributed by atoms with Crippen molar-refractivity contribution in [2.75, 3.05) is 13.1 Å². The van der Waals surface area contributed by atoms with Gasteiger partial charge in [-0.3, -0.25) is 4.18 Å². The molecule has 0 aliphatic carbocycles. The lowest BCUT2D eigenvalue weighted by Crippen LogP contribution is -2.67. The molecule has 0 bridgehead atoms. The maximum Gasteiger partial charge on any atom is 0.523 e. The summed E-state index contributed by atoms with van der Waals surface area (Å²) < 4.78 is 120. The number of hydrogen-bond donors (Lipinski definition) is 0. The minimum absolute atomic E-state index is 0.192. The van der Waals surface area contributed by atoms with E-state index in [1.165, 1.54) is 0 Å². The molecule has 126 valence electrons. The van der Waals surface area contributed by atoms with Crippen LogP contribution in [0.5, 0.6) is 0 Å². The molecule has 0 radical (unpaired) electrons. The second kappa shape index (κ2) is 4.96. The molecule has 0 aromatic heterocycles. The predicted octanol–water partition coefficient (Wildman–Crippen LogP) is 1.17. The molecule has 0 aromatic carbocycles. The summed E-state index contributed by atoms with van der Waals surface area (Å²) in [5.41, 5.74) is -13.5. The minimum Gasteiger partial charge on any atom is -0.254 e. The zero-order chi connectivity index (χ0) is 16.9. The van der Waals surface area contributed by atoms with Gasteiger partial charge < -0.3 is 0 Å². The van der Waals surface area contributed by atoms with E-state index < -0.39 is 56.3 Å². The van der Waals surface area contributed by atoms with Gasteiger partial charge in [0.1, 0.15) is 5.60 Å². The van der Waals surface area contributed by atoms with E-state index in [9.17, 15) is 43.2 Å². The Morgan fingerprint density at radius 3 is 1.71 bits per heavy atom. The Labute approximate surface area is 115 Å². The van der Waals surface area contributed by atoms with Gasteiger partial charge in [0, 0.05) is 13.1 Å². The van der Waals surface area contributed by atoms with Crippen LogP contribution in [0.4, 0.5) is 26.3 Å². The van der Waals surface area contributed by atoms with Gasteiger partial charge in [-0.15, -0.1) is 0 Å². The Balaban J connectivity index is 2.93. The van der Waals surface area contributed by atoms with Gasteiger partial charge >= 0.3 is 31.2 Å². The normalized spacial score (nSPS) is 21.1. The average molecular weight is 365 g/mol. The van der Waals surface area contributed by atoms with E-state index in [0.29, 0.717) is 0 Å². The highest BCUT2D eigenvalue weighted by Crippen LogP contribution is 2.40. The van der Waals surface area contributed by atoms with Crippen molar-refractivity contribution in [1.82, 2.24) is 4.31 Å². The van der Waals surface area contributed by atoms with E-state index in [0.717, 1.165) is 6.92 Å². The van der Waals surface area contributed by atoms with Gasteiger partial charge in [-0.1, -0.05) is 6.92 Å². The molecule has 6 nitrogen and oxygen atoms in total. The van der Waals surface area contributed by atoms with E-state index in [1.807, 2.05) is 0 Å². The van der Waals surface area contributed by atoms with Crippen molar-refractivity contribution in [3.8, 4) is 0 Å². The number of halogens is 6. The van der Waals surface area contributed by atoms with E-state index >= 15 is 0 Å². The van der Waals surface area contributed by atoms with Crippen LogP contribution in [0.3, 0.4) is 0 Å². The summed E-state index contributed by atoms with van der Waals surface area (Å²) in [7, 11) is -11.8. The van der Waals surface area contributed by atoms with Crippen LogP contribution >= 0.6 is 0 Å². The first kappa shape index (κ1) is 18.4. The maximum atomic E-state index is 12.2. The quantitative estimate of drug-likeness (QED) is 0.424. The molecule has 1 fully saturated rings. The lowest BCUT2D eigenvalue weighted by Gasteiger charge is -2.47. The van der Waals surface area contributed by atoms with E-state index in [1.54, 1.807) is 0 Å². The highest BCUT2D eigenvalue weighted by Gasteiger charge is 2.61. The second-order valence-corrected chi connectivity index (χ2v) is 7.71. The molecular formula is C7H9F6NO5S2. The molecule has 0 saturated carbocycles. The molecule has 1 saturated heterocycles. The molecular weight excluding hydrogens is 356 g/mol. The number of rotatable bonds is 4. The van der Waals surface area contributed by atoms with Crippen molar-refractivity contribution in [1.29, 1.82) is 0 Å². The third-order valence-electron chi connectivity index (χ3n) is 2.78. The van der Waals surface area contributed by atoms with Crippen LogP contribution in [0.1, 0.15) is 13.3 Å². The molecule has 14 heteroatoms. The molecule has 1 heterocycles. The number of hydrogen-bond acceptors (Lipinski definition) is 5. The molecule has 0 spiro atoms. The van der Waals surface area contributed by atoms with Gasteiger partial charge in [0.05, 0.1) is 0 Å². The molecule has 0 unspecified atom stereocenters. The summed E-state index contributed by atoms with van der Waals surface area (Å²) in [5, 5.41) is 0. The standard InChI is InChI=1S/C7H9F6NO5S2/c1-2-5(19-21(17,18)7(11,12)13)3-14(4-5)20(15,16)6(8,9)10/h2-4H2,1H3. The van der Waals surface area contributed by atoms with Crippen LogP contribution < -0.4 is 0 Å². The molecule has 0 aromatic rings. The summed E-state index contributed by atoms with van der Waals surface area (Å²) in [6, 6.07) is 0. The Kier molecular flexibility index (Phi) is 4.36. The highest BCUT2D eigenvalue weighted by molar-refractivity contribution is 7.90. The zero-order valence-corrected chi connectivity index (χ0v) is 11.8. The Bertz CT molecular complexity index is 600. The van der Waals surface area contributed by atoms with Gasteiger partial charge in [0.2, 0.25) is 0 Å². The van der Waals surface area contributed by atoms with Crippen molar-refractivity contribution in [3.63, 3.8) is 0 Å². The van der Waals surface area contributed by atoms with Crippen molar-refractivity contribution in [3.05, 3.63) is 0 Å². The van der Waals surface area contributed by atoms with Crippen molar-refractivity contribution in [2.24, 2.45) is 0 Å². The average Bonchev–Trinajstić information content (AvgIpc) is 2.19. The first-order chi connectivity index (χ1) is 9.08. The van der Waals surface area contributed by atoms with E-state index in [-0.39, 0.29) is 4.31 Å². The Morgan fingerprint density at radius 2 is 1.43 bits per heavy atom. The van der Waals surface area contributed by atoms with E-state index in [2.05, 4.69) is 4.18 Å². The number of alkyl halides is 6. The summed E-state index contributed by atoms with van der Waals surface area (Å²) in [5.74, 6) is 0. The summed E-state index contributed by atoms with van der Waals surface area (Å²) in [6.45, 7) is -1.12. The summed E-state index contributed by atoms with van der Waals surface area (Å²) in [6.07, 6.45) is -0.424. The molecule has 1 aliphatic heterocycles. The fraction of sp³-hybridized carbons (Fsp3) is 1.00. The van der Waals surface area contributed by atoms with Crippen LogP contribution in [-0.2, 0) is 24.3 Å². The van der Waals surface area contributed by atoms with Crippen LogP contribution in [0, 0.1) is 0 Å². The summed E-state index contributed by atoms with van der Waals surface area (Å²) in [4.78, 5) is 0. The third-order valence-corrected chi connectivity index (χ3v) is 5.44. The van der Waals surface area contributed by atoms with Gasteiger partial charge in [-0.05, 0) is 6.42 Å². The third kappa shape index (κ3) is 3.27. The Morgan fingerprint density at radius 1 is 1.00 bits per heavy atom. The lowest BCUT2D eigenvalue weighted by molar-refractivity contribution is -0.0938. The highest BCUT2D eigenvalue weighted by atomic mass is 32.2. The molecule has 0 amide bonds. The monoisotopic (exact) mass is 365 g/mol. The minimum atomic E-state index is -6.04.